The first-order valence-electron chi connectivity index (χ1n) is 7.98. The van der Waals surface area contributed by atoms with Crippen LogP contribution in [0.1, 0.15) is 23.9 Å². The third-order valence-corrected chi connectivity index (χ3v) is 4.25. The zero-order valence-corrected chi connectivity index (χ0v) is 15.3. The van der Waals surface area contributed by atoms with E-state index in [1.54, 1.807) is 55.4 Å². The lowest BCUT2D eigenvalue weighted by Crippen LogP contribution is -2.17. The van der Waals surface area contributed by atoms with E-state index in [9.17, 15) is 4.79 Å². The largest absolute Gasteiger partial charge is 0.455 e. The second kappa shape index (κ2) is 8.78. The highest BCUT2D eigenvalue weighted by Crippen LogP contribution is 2.30. The molecular formula is C18H16Cl2N4O2. The third kappa shape index (κ3) is 5.03. The van der Waals surface area contributed by atoms with Gasteiger partial charge >= 0.3 is 5.97 Å². The highest BCUT2D eigenvalue weighted by molar-refractivity contribution is 6.35. The van der Waals surface area contributed by atoms with Gasteiger partial charge in [-0.3, -0.25) is 4.79 Å². The smallest absolute Gasteiger partial charge is 0.306 e. The van der Waals surface area contributed by atoms with Gasteiger partial charge in [0, 0.05) is 46.8 Å². The number of ether oxygens (including phenoxy) is 1. The molecule has 0 spiro atoms. The molecule has 1 unspecified atom stereocenters. The van der Waals surface area contributed by atoms with E-state index in [0.29, 0.717) is 34.4 Å². The molecule has 1 atom stereocenters. The second-order valence-corrected chi connectivity index (χ2v) is 6.41. The molecule has 0 saturated carbocycles. The number of esters is 1. The van der Waals surface area contributed by atoms with Gasteiger partial charge in [-0.05, 0) is 18.2 Å². The average molecular weight is 391 g/mol. The summed E-state index contributed by atoms with van der Waals surface area (Å²) in [6, 6.07) is 6.84. The molecule has 1 aromatic carbocycles. The van der Waals surface area contributed by atoms with Crippen molar-refractivity contribution in [1.82, 2.24) is 19.5 Å². The Balaban J connectivity index is 1.71. The van der Waals surface area contributed by atoms with Gasteiger partial charge in [0.1, 0.15) is 11.9 Å². The van der Waals surface area contributed by atoms with Crippen LogP contribution in [0.25, 0.3) is 0 Å². The summed E-state index contributed by atoms with van der Waals surface area (Å²) in [6.07, 6.45) is 8.42. The van der Waals surface area contributed by atoms with Crippen LogP contribution in [0.3, 0.4) is 0 Å². The third-order valence-electron chi connectivity index (χ3n) is 3.69. The maximum absolute atomic E-state index is 12.3. The molecule has 0 aliphatic rings. The standard InChI is InChI=1S/C18H16Cl2N4O2/c19-13-2-3-14(15(20)10-13)16(11-24-9-8-21-12-24)26-18(25)5-4-17-22-6-1-7-23-17/h1-3,6-10,12,16H,4-5,11H2. The lowest BCUT2D eigenvalue weighted by Gasteiger charge is -2.20. The fourth-order valence-electron chi connectivity index (χ4n) is 2.44. The first-order chi connectivity index (χ1) is 12.6. The van der Waals surface area contributed by atoms with Crippen LogP contribution in [0.5, 0.6) is 0 Å². The number of halogens is 2. The molecule has 6 nitrogen and oxygen atoms in total. The van der Waals surface area contributed by atoms with Crippen molar-refractivity contribution in [3.05, 3.63) is 76.8 Å². The van der Waals surface area contributed by atoms with E-state index >= 15 is 0 Å². The zero-order valence-electron chi connectivity index (χ0n) is 13.8. The average Bonchev–Trinajstić information content (AvgIpc) is 3.13. The van der Waals surface area contributed by atoms with E-state index in [1.807, 2.05) is 4.57 Å². The number of rotatable bonds is 7. The van der Waals surface area contributed by atoms with Crippen molar-refractivity contribution < 1.29 is 9.53 Å². The van der Waals surface area contributed by atoms with Crippen molar-refractivity contribution in [2.75, 3.05) is 0 Å². The summed E-state index contributed by atoms with van der Waals surface area (Å²) < 4.78 is 7.50. The number of imidazole rings is 1. The Hall–Kier alpha value is -2.44. The van der Waals surface area contributed by atoms with Gasteiger partial charge in [-0.25, -0.2) is 15.0 Å². The number of aromatic nitrogens is 4. The Morgan fingerprint density at radius 2 is 2.00 bits per heavy atom. The number of aryl methyl sites for hydroxylation is 1. The molecule has 0 aliphatic carbocycles. The van der Waals surface area contributed by atoms with E-state index in [-0.39, 0.29) is 12.4 Å². The minimum absolute atomic E-state index is 0.176. The zero-order chi connectivity index (χ0) is 18.4. The molecule has 8 heteroatoms. The fourth-order valence-corrected chi connectivity index (χ4v) is 2.97. The predicted octanol–water partition coefficient (Wildman–Crippen LogP) is 3.90. The fraction of sp³-hybridized carbons (Fsp3) is 0.222. The predicted molar refractivity (Wildman–Crippen MR) is 97.9 cm³/mol. The van der Waals surface area contributed by atoms with Gasteiger partial charge in [0.25, 0.3) is 0 Å². The normalized spacial score (nSPS) is 11.9. The van der Waals surface area contributed by atoms with Crippen LogP contribution in [0.15, 0.2) is 55.4 Å². The molecule has 3 aromatic rings. The maximum Gasteiger partial charge on any atom is 0.306 e. The molecule has 0 bridgehead atoms. The van der Waals surface area contributed by atoms with Crippen molar-refractivity contribution >= 4 is 29.2 Å². The van der Waals surface area contributed by atoms with Crippen molar-refractivity contribution in [2.24, 2.45) is 0 Å². The highest BCUT2D eigenvalue weighted by atomic mass is 35.5. The summed E-state index contributed by atoms with van der Waals surface area (Å²) in [6.45, 7) is 0.398. The molecule has 0 saturated heterocycles. The Labute approximate surface area is 160 Å². The summed E-state index contributed by atoms with van der Waals surface area (Å²) in [4.78, 5) is 24.6. The van der Waals surface area contributed by atoms with Crippen molar-refractivity contribution in [1.29, 1.82) is 0 Å². The minimum Gasteiger partial charge on any atom is -0.455 e. The molecular weight excluding hydrogens is 375 g/mol. The van der Waals surface area contributed by atoms with Gasteiger partial charge in [0.15, 0.2) is 0 Å². The number of hydrogen-bond donors (Lipinski definition) is 0. The number of carbonyl (C=O) groups is 1. The van der Waals surface area contributed by atoms with Crippen LogP contribution in [0.4, 0.5) is 0 Å². The molecule has 26 heavy (non-hydrogen) atoms. The molecule has 2 heterocycles. The van der Waals surface area contributed by atoms with Crippen molar-refractivity contribution in [2.45, 2.75) is 25.5 Å². The Kier molecular flexibility index (Phi) is 6.20. The molecule has 0 N–H and O–H groups in total. The SMILES string of the molecule is O=C(CCc1ncccn1)OC(Cn1ccnc1)c1ccc(Cl)cc1Cl. The summed E-state index contributed by atoms with van der Waals surface area (Å²) in [7, 11) is 0. The van der Waals surface area contributed by atoms with Crippen molar-refractivity contribution in [3.63, 3.8) is 0 Å². The number of carbonyl (C=O) groups excluding carboxylic acids is 1. The van der Waals surface area contributed by atoms with Crippen LogP contribution in [-0.4, -0.2) is 25.5 Å². The Morgan fingerprint density at radius 3 is 2.69 bits per heavy atom. The van der Waals surface area contributed by atoms with E-state index in [4.69, 9.17) is 27.9 Å². The van der Waals surface area contributed by atoms with Crippen molar-refractivity contribution in [3.8, 4) is 0 Å². The molecule has 0 fully saturated rings. The number of hydrogen-bond acceptors (Lipinski definition) is 5. The maximum atomic E-state index is 12.3. The van der Waals surface area contributed by atoms with Gasteiger partial charge in [0.2, 0.25) is 0 Å². The minimum atomic E-state index is -0.557. The summed E-state index contributed by atoms with van der Waals surface area (Å²) in [5.41, 5.74) is 0.689. The van der Waals surface area contributed by atoms with E-state index in [0.717, 1.165) is 0 Å². The topological polar surface area (TPSA) is 69.9 Å². The molecule has 3 rings (SSSR count). The molecule has 0 radical (unpaired) electrons. The van der Waals surface area contributed by atoms with Crippen LogP contribution in [0.2, 0.25) is 10.0 Å². The number of nitrogens with zero attached hydrogens (tertiary/aromatic N) is 4. The quantitative estimate of drug-likeness (QED) is 0.572. The van der Waals surface area contributed by atoms with Gasteiger partial charge in [0.05, 0.1) is 19.3 Å². The monoisotopic (exact) mass is 390 g/mol. The highest BCUT2D eigenvalue weighted by Gasteiger charge is 2.20. The van der Waals surface area contributed by atoms with Crippen LogP contribution in [-0.2, 0) is 22.5 Å². The lowest BCUT2D eigenvalue weighted by molar-refractivity contribution is -0.150. The van der Waals surface area contributed by atoms with Gasteiger partial charge < -0.3 is 9.30 Å². The molecule has 2 aromatic heterocycles. The van der Waals surface area contributed by atoms with E-state index in [2.05, 4.69) is 15.0 Å². The van der Waals surface area contributed by atoms with Gasteiger partial charge in [-0.1, -0.05) is 29.3 Å². The van der Waals surface area contributed by atoms with Gasteiger partial charge in [-0.2, -0.15) is 0 Å². The van der Waals surface area contributed by atoms with Crippen LogP contribution >= 0.6 is 23.2 Å². The molecule has 0 amide bonds. The first-order valence-corrected chi connectivity index (χ1v) is 8.73. The first kappa shape index (κ1) is 18.4. The number of benzene rings is 1. The molecule has 134 valence electrons. The van der Waals surface area contributed by atoms with Crippen LogP contribution < -0.4 is 0 Å². The summed E-state index contributed by atoms with van der Waals surface area (Å²) >= 11 is 12.3. The Bertz CT molecular complexity index is 857. The molecule has 0 aliphatic heterocycles. The van der Waals surface area contributed by atoms with E-state index in [1.165, 1.54) is 0 Å². The van der Waals surface area contributed by atoms with Crippen LogP contribution in [0, 0.1) is 0 Å². The lowest BCUT2D eigenvalue weighted by atomic mass is 10.1. The summed E-state index contributed by atoms with van der Waals surface area (Å²) in [5, 5.41) is 0.967. The Morgan fingerprint density at radius 1 is 1.19 bits per heavy atom. The van der Waals surface area contributed by atoms with Gasteiger partial charge in [-0.15, -0.1) is 0 Å². The van der Waals surface area contributed by atoms with E-state index < -0.39 is 6.10 Å². The second-order valence-electron chi connectivity index (χ2n) is 5.57. The summed E-state index contributed by atoms with van der Waals surface area (Å²) in [5.74, 6) is 0.244.